The second-order valence-corrected chi connectivity index (χ2v) is 4.52. The molecule has 104 valence electrons. The first-order valence-electron chi connectivity index (χ1n) is 5.73. The first-order valence-corrected chi connectivity index (χ1v) is 5.73. The molecule has 1 rings (SSSR count). The highest BCUT2D eigenvalue weighted by Crippen LogP contribution is 2.24. The van der Waals surface area contributed by atoms with Gasteiger partial charge in [-0.1, -0.05) is 12.1 Å². The minimum Gasteiger partial charge on any atom is -0.478 e. The molecular weight excluding hydrogens is 250 g/mol. The number of carboxylic acids is 1. The summed E-state index contributed by atoms with van der Waals surface area (Å²) < 4.78 is 0. The minimum absolute atomic E-state index is 0.167. The van der Waals surface area contributed by atoms with Crippen molar-refractivity contribution in [2.24, 2.45) is 5.73 Å². The molecule has 5 N–H and O–H groups in total. The van der Waals surface area contributed by atoms with Crippen molar-refractivity contribution >= 4 is 11.9 Å². The van der Waals surface area contributed by atoms with Crippen LogP contribution in [0.25, 0.3) is 0 Å². The van der Waals surface area contributed by atoms with Crippen molar-refractivity contribution in [3.8, 4) is 0 Å². The Bertz CT molecular complexity index is 489. The Kier molecular flexibility index (Phi) is 4.63. The van der Waals surface area contributed by atoms with Gasteiger partial charge in [-0.05, 0) is 30.5 Å². The molecule has 0 fully saturated rings. The molecule has 0 heterocycles. The zero-order valence-electron chi connectivity index (χ0n) is 10.8. The second-order valence-electron chi connectivity index (χ2n) is 4.52. The van der Waals surface area contributed by atoms with Crippen LogP contribution in [0.5, 0.6) is 0 Å². The fourth-order valence-corrected chi connectivity index (χ4v) is 2.05. The zero-order chi connectivity index (χ0) is 14.7. The van der Waals surface area contributed by atoms with Gasteiger partial charge in [-0.15, -0.1) is 0 Å². The predicted molar refractivity (Wildman–Crippen MR) is 67.7 cm³/mol. The summed E-state index contributed by atoms with van der Waals surface area (Å²) in [7, 11) is 0. The molecule has 0 aliphatic carbocycles. The first-order chi connectivity index (χ1) is 8.73. The Hall–Kier alpha value is -1.92. The quantitative estimate of drug-likeness (QED) is 0.610. The van der Waals surface area contributed by atoms with E-state index < -0.39 is 24.1 Å². The molecule has 1 aromatic rings. The average molecular weight is 267 g/mol. The highest BCUT2D eigenvalue weighted by Gasteiger charge is 2.22. The van der Waals surface area contributed by atoms with Gasteiger partial charge in [0.15, 0.2) is 0 Å². The number of nitrogens with two attached hydrogens (primary N) is 1. The fraction of sp³-hybridized carbons (Fsp3) is 0.385. The Morgan fingerprint density at radius 3 is 2.05 bits per heavy atom. The molecule has 0 saturated heterocycles. The summed E-state index contributed by atoms with van der Waals surface area (Å²) >= 11 is 0. The molecule has 19 heavy (non-hydrogen) atoms. The van der Waals surface area contributed by atoms with Gasteiger partial charge in [-0.25, -0.2) is 4.79 Å². The van der Waals surface area contributed by atoms with Gasteiger partial charge in [0.25, 0.3) is 0 Å². The summed E-state index contributed by atoms with van der Waals surface area (Å²) in [5, 5.41) is 28.6. The third-order valence-electron chi connectivity index (χ3n) is 2.89. The number of aromatic carboxylic acids is 1. The standard InChI is InChI=1S/C13H17NO5/c1-6-3-8(4-7(2)11(6)13(18)19)12(17)9(15)5-10(14)16/h3-4,9,12,15,17H,5H2,1-2H3,(H2,14,16)(H,18,19). The molecule has 6 heteroatoms. The smallest absolute Gasteiger partial charge is 0.336 e. The second kappa shape index (κ2) is 5.81. The summed E-state index contributed by atoms with van der Waals surface area (Å²) in [6.45, 7) is 3.21. The van der Waals surface area contributed by atoms with Crippen LogP contribution in [-0.4, -0.2) is 33.3 Å². The van der Waals surface area contributed by atoms with Crippen LogP contribution in [0.3, 0.4) is 0 Å². The van der Waals surface area contributed by atoms with Crippen molar-refractivity contribution in [2.45, 2.75) is 32.5 Å². The highest BCUT2D eigenvalue weighted by molar-refractivity contribution is 5.91. The van der Waals surface area contributed by atoms with E-state index in [1.165, 1.54) is 12.1 Å². The molecule has 0 bridgehead atoms. The largest absolute Gasteiger partial charge is 0.478 e. The Morgan fingerprint density at radius 1 is 1.21 bits per heavy atom. The molecule has 1 aromatic carbocycles. The van der Waals surface area contributed by atoms with E-state index in [1.807, 2.05) is 0 Å². The number of rotatable bonds is 5. The summed E-state index contributed by atoms with van der Waals surface area (Å²) in [6, 6.07) is 2.96. The zero-order valence-corrected chi connectivity index (χ0v) is 10.8. The number of benzene rings is 1. The first kappa shape index (κ1) is 15.1. The van der Waals surface area contributed by atoms with Crippen molar-refractivity contribution in [3.63, 3.8) is 0 Å². The molecule has 0 aliphatic heterocycles. The van der Waals surface area contributed by atoms with E-state index in [1.54, 1.807) is 13.8 Å². The lowest BCUT2D eigenvalue weighted by molar-refractivity contribution is -0.121. The number of aliphatic hydroxyl groups excluding tert-OH is 2. The number of carbonyl (C=O) groups is 2. The van der Waals surface area contributed by atoms with Crippen LogP contribution in [0.4, 0.5) is 0 Å². The van der Waals surface area contributed by atoms with Gasteiger partial charge in [-0.3, -0.25) is 4.79 Å². The van der Waals surface area contributed by atoms with Crippen LogP contribution >= 0.6 is 0 Å². The number of aryl methyl sites for hydroxylation is 2. The Morgan fingerprint density at radius 2 is 1.68 bits per heavy atom. The van der Waals surface area contributed by atoms with Crippen molar-refractivity contribution in [1.29, 1.82) is 0 Å². The van der Waals surface area contributed by atoms with Gasteiger partial charge in [0.2, 0.25) is 5.91 Å². The van der Waals surface area contributed by atoms with Crippen LogP contribution in [-0.2, 0) is 4.79 Å². The van der Waals surface area contributed by atoms with E-state index >= 15 is 0 Å². The number of amides is 1. The van der Waals surface area contributed by atoms with Crippen LogP contribution in [0.15, 0.2) is 12.1 Å². The van der Waals surface area contributed by atoms with Gasteiger partial charge in [0.1, 0.15) is 6.10 Å². The highest BCUT2D eigenvalue weighted by atomic mass is 16.4. The van der Waals surface area contributed by atoms with E-state index in [-0.39, 0.29) is 12.0 Å². The van der Waals surface area contributed by atoms with E-state index in [9.17, 15) is 19.8 Å². The van der Waals surface area contributed by atoms with Crippen molar-refractivity contribution in [1.82, 2.24) is 0 Å². The minimum atomic E-state index is -1.31. The summed E-state index contributed by atoms with van der Waals surface area (Å²) in [4.78, 5) is 21.7. The maximum atomic E-state index is 11.0. The normalized spacial score (nSPS) is 13.9. The fourth-order valence-electron chi connectivity index (χ4n) is 2.05. The number of hydrogen-bond acceptors (Lipinski definition) is 4. The Labute approximate surface area is 110 Å². The number of primary amides is 1. The van der Waals surface area contributed by atoms with Gasteiger partial charge < -0.3 is 21.1 Å². The van der Waals surface area contributed by atoms with E-state index in [0.29, 0.717) is 16.7 Å². The third-order valence-corrected chi connectivity index (χ3v) is 2.89. The monoisotopic (exact) mass is 267 g/mol. The molecule has 0 aromatic heterocycles. The van der Waals surface area contributed by atoms with Gasteiger partial charge >= 0.3 is 5.97 Å². The average Bonchev–Trinajstić information content (AvgIpc) is 2.25. The van der Waals surface area contributed by atoms with E-state index in [2.05, 4.69) is 0 Å². The summed E-state index contributed by atoms with van der Waals surface area (Å²) in [5.41, 5.74) is 6.43. The molecule has 1 amide bonds. The molecule has 2 atom stereocenters. The number of carbonyl (C=O) groups excluding carboxylic acids is 1. The number of hydrogen-bond donors (Lipinski definition) is 4. The maximum Gasteiger partial charge on any atom is 0.336 e. The molecule has 6 nitrogen and oxygen atoms in total. The Balaban J connectivity index is 3.09. The number of carboxylic acid groups (broad SMARTS) is 1. The topological polar surface area (TPSA) is 121 Å². The van der Waals surface area contributed by atoms with Crippen LogP contribution in [0.2, 0.25) is 0 Å². The molecule has 0 radical (unpaired) electrons. The predicted octanol–water partition coefficient (Wildman–Crippen LogP) is 0.271. The van der Waals surface area contributed by atoms with Gasteiger partial charge in [0, 0.05) is 0 Å². The van der Waals surface area contributed by atoms with Crippen LogP contribution < -0.4 is 5.73 Å². The van der Waals surface area contributed by atoms with Crippen LogP contribution in [0.1, 0.15) is 39.6 Å². The lowest BCUT2D eigenvalue weighted by Gasteiger charge is -2.19. The summed E-state index contributed by atoms with van der Waals surface area (Å²) in [6.07, 6.45) is -2.96. The lowest BCUT2D eigenvalue weighted by atomic mass is 9.94. The van der Waals surface area contributed by atoms with Crippen molar-refractivity contribution in [3.05, 3.63) is 34.4 Å². The van der Waals surface area contributed by atoms with Crippen LogP contribution in [0, 0.1) is 13.8 Å². The number of aliphatic hydroxyl groups is 2. The van der Waals surface area contributed by atoms with E-state index in [0.717, 1.165) is 0 Å². The third kappa shape index (κ3) is 3.52. The van der Waals surface area contributed by atoms with E-state index in [4.69, 9.17) is 10.8 Å². The molecule has 2 unspecified atom stereocenters. The maximum absolute atomic E-state index is 11.0. The molecule has 0 spiro atoms. The van der Waals surface area contributed by atoms with Gasteiger partial charge in [0.05, 0.1) is 18.1 Å². The van der Waals surface area contributed by atoms with Crippen molar-refractivity contribution < 1.29 is 24.9 Å². The SMILES string of the molecule is Cc1cc(C(O)C(O)CC(N)=O)cc(C)c1C(=O)O. The molecular formula is C13H17NO5. The summed E-state index contributed by atoms with van der Waals surface area (Å²) in [5.74, 6) is -1.77. The lowest BCUT2D eigenvalue weighted by Crippen LogP contribution is -2.26. The van der Waals surface area contributed by atoms with Crippen molar-refractivity contribution in [2.75, 3.05) is 0 Å². The molecule has 0 aliphatic rings. The molecule has 0 saturated carbocycles. The van der Waals surface area contributed by atoms with Gasteiger partial charge in [-0.2, -0.15) is 0 Å².